The lowest BCUT2D eigenvalue weighted by Gasteiger charge is -2.05. The first-order chi connectivity index (χ1) is 8.33. The SMILES string of the molecule is CCCNC(=O)CNCCSc1ccccc1. The van der Waals surface area contributed by atoms with Crippen LogP contribution in [0.4, 0.5) is 0 Å². The molecule has 4 heteroatoms. The van der Waals surface area contributed by atoms with Crippen molar-refractivity contribution >= 4 is 17.7 Å². The summed E-state index contributed by atoms with van der Waals surface area (Å²) in [5.74, 6) is 1.06. The van der Waals surface area contributed by atoms with Crippen LogP contribution in [0.25, 0.3) is 0 Å². The quantitative estimate of drug-likeness (QED) is 0.548. The summed E-state index contributed by atoms with van der Waals surface area (Å²) in [6.07, 6.45) is 0.982. The van der Waals surface area contributed by atoms with Crippen molar-refractivity contribution < 1.29 is 4.79 Å². The van der Waals surface area contributed by atoms with Crippen molar-refractivity contribution in [3.63, 3.8) is 0 Å². The molecule has 0 fully saturated rings. The lowest BCUT2D eigenvalue weighted by molar-refractivity contribution is -0.120. The zero-order valence-corrected chi connectivity index (χ0v) is 11.1. The Morgan fingerprint density at radius 3 is 2.71 bits per heavy atom. The molecule has 1 aromatic rings. The van der Waals surface area contributed by atoms with Gasteiger partial charge in [0.15, 0.2) is 0 Å². The number of carbonyl (C=O) groups is 1. The predicted octanol–water partition coefficient (Wildman–Crippen LogP) is 1.89. The van der Waals surface area contributed by atoms with Gasteiger partial charge in [-0.1, -0.05) is 25.1 Å². The summed E-state index contributed by atoms with van der Waals surface area (Å²) in [7, 11) is 0. The number of hydrogen-bond donors (Lipinski definition) is 2. The maximum Gasteiger partial charge on any atom is 0.233 e. The molecule has 1 aromatic carbocycles. The van der Waals surface area contributed by atoms with Gasteiger partial charge in [0.1, 0.15) is 0 Å². The molecule has 0 spiro atoms. The van der Waals surface area contributed by atoms with Crippen LogP contribution in [0.5, 0.6) is 0 Å². The van der Waals surface area contributed by atoms with E-state index < -0.39 is 0 Å². The summed E-state index contributed by atoms with van der Waals surface area (Å²) in [4.78, 5) is 12.5. The Morgan fingerprint density at radius 2 is 2.00 bits per heavy atom. The number of carbonyl (C=O) groups excluding carboxylic acids is 1. The van der Waals surface area contributed by atoms with Gasteiger partial charge in [-0.3, -0.25) is 4.79 Å². The second-order valence-corrected chi connectivity index (χ2v) is 4.86. The van der Waals surface area contributed by atoms with E-state index in [4.69, 9.17) is 0 Å². The van der Waals surface area contributed by atoms with E-state index in [1.807, 2.05) is 25.1 Å². The summed E-state index contributed by atoms with van der Waals surface area (Å²) in [5.41, 5.74) is 0. The molecular formula is C13H20N2OS. The van der Waals surface area contributed by atoms with E-state index in [0.717, 1.165) is 25.3 Å². The van der Waals surface area contributed by atoms with Gasteiger partial charge in [0.2, 0.25) is 5.91 Å². The molecule has 3 nitrogen and oxygen atoms in total. The zero-order valence-electron chi connectivity index (χ0n) is 10.2. The van der Waals surface area contributed by atoms with Crippen molar-refractivity contribution in [3.05, 3.63) is 30.3 Å². The molecule has 0 unspecified atom stereocenters. The number of rotatable bonds is 8. The van der Waals surface area contributed by atoms with E-state index in [1.54, 1.807) is 11.8 Å². The summed E-state index contributed by atoms with van der Waals surface area (Å²) in [6, 6.07) is 10.3. The Bertz CT molecular complexity index is 316. The minimum atomic E-state index is 0.0801. The minimum absolute atomic E-state index is 0.0801. The third kappa shape index (κ3) is 7.02. The second kappa shape index (κ2) is 9.07. The molecule has 0 aliphatic rings. The Morgan fingerprint density at radius 1 is 1.24 bits per heavy atom. The van der Waals surface area contributed by atoms with Gasteiger partial charge in [0.05, 0.1) is 6.54 Å². The highest BCUT2D eigenvalue weighted by molar-refractivity contribution is 7.99. The summed E-state index contributed by atoms with van der Waals surface area (Å²) < 4.78 is 0. The fraction of sp³-hybridized carbons (Fsp3) is 0.462. The molecule has 0 aliphatic heterocycles. The largest absolute Gasteiger partial charge is 0.355 e. The number of hydrogen-bond acceptors (Lipinski definition) is 3. The van der Waals surface area contributed by atoms with Crippen LogP contribution in [0, 0.1) is 0 Å². The second-order valence-electron chi connectivity index (χ2n) is 3.69. The fourth-order valence-electron chi connectivity index (χ4n) is 1.29. The highest BCUT2D eigenvalue weighted by Gasteiger charge is 1.98. The van der Waals surface area contributed by atoms with Crippen LogP contribution in [0.3, 0.4) is 0 Å². The summed E-state index contributed by atoms with van der Waals surface area (Å²) >= 11 is 1.80. The molecule has 0 aliphatic carbocycles. The van der Waals surface area contributed by atoms with Gasteiger partial charge in [0.25, 0.3) is 0 Å². The van der Waals surface area contributed by atoms with Crippen molar-refractivity contribution in [3.8, 4) is 0 Å². The van der Waals surface area contributed by atoms with E-state index in [-0.39, 0.29) is 5.91 Å². The van der Waals surface area contributed by atoms with Gasteiger partial charge >= 0.3 is 0 Å². The molecule has 94 valence electrons. The van der Waals surface area contributed by atoms with Gasteiger partial charge in [0, 0.05) is 23.7 Å². The average Bonchev–Trinajstić information content (AvgIpc) is 2.37. The van der Waals surface area contributed by atoms with Gasteiger partial charge in [-0.2, -0.15) is 0 Å². The van der Waals surface area contributed by atoms with Gasteiger partial charge in [-0.15, -0.1) is 11.8 Å². The summed E-state index contributed by atoms with van der Waals surface area (Å²) in [5, 5.41) is 5.96. The Hall–Kier alpha value is -1.00. The molecule has 0 radical (unpaired) electrons. The number of thioether (sulfide) groups is 1. The molecule has 0 saturated carbocycles. The van der Waals surface area contributed by atoms with Gasteiger partial charge in [-0.05, 0) is 18.6 Å². The maximum absolute atomic E-state index is 11.3. The highest BCUT2D eigenvalue weighted by atomic mass is 32.2. The van der Waals surface area contributed by atoms with Crippen LogP contribution in [-0.4, -0.2) is 31.3 Å². The van der Waals surface area contributed by atoms with Crippen LogP contribution in [-0.2, 0) is 4.79 Å². The highest BCUT2D eigenvalue weighted by Crippen LogP contribution is 2.15. The third-order valence-electron chi connectivity index (χ3n) is 2.15. The van der Waals surface area contributed by atoms with E-state index in [0.29, 0.717) is 6.54 Å². The maximum atomic E-state index is 11.3. The van der Waals surface area contributed by atoms with E-state index in [9.17, 15) is 4.79 Å². The minimum Gasteiger partial charge on any atom is -0.355 e. The van der Waals surface area contributed by atoms with Gasteiger partial charge in [-0.25, -0.2) is 0 Å². The number of benzene rings is 1. The van der Waals surface area contributed by atoms with E-state index in [2.05, 4.69) is 22.8 Å². The van der Waals surface area contributed by atoms with Crippen LogP contribution < -0.4 is 10.6 Å². The zero-order chi connectivity index (χ0) is 12.3. The molecule has 0 aromatic heterocycles. The number of amides is 1. The Labute approximate surface area is 107 Å². The standard InChI is InChI=1S/C13H20N2OS/c1-2-8-15-13(16)11-14-9-10-17-12-6-4-3-5-7-12/h3-7,14H,2,8-11H2,1H3,(H,15,16). The van der Waals surface area contributed by atoms with E-state index in [1.165, 1.54) is 4.90 Å². The Balaban J connectivity index is 1.99. The van der Waals surface area contributed by atoms with Crippen LogP contribution in [0.2, 0.25) is 0 Å². The van der Waals surface area contributed by atoms with Crippen LogP contribution >= 0.6 is 11.8 Å². The smallest absolute Gasteiger partial charge is 0.233 e. The van der Waals surface area contributed by atoms with Crippen molar-refractivity contribution in [2.45, 2.75) is 18.2 Å². The molecule has 17 heavy (non-hydrogen) atoms. The normalized spacial score (nSPS) is 10.2. The first-order valence-electron chi connectivity index (χ1n) is 5.98. The fourth-order valence-corrected chi connectivity index (χ4v) is 2.12. The molecule has 0 heterocycles. The summed E-state index contributed by atoms with van der Waals surface area (Å²) in [6.45, 7) is 4.07. The number of nitrogens with one attached hydrogen (secondary N) is 2. The van der Waals surface area contributed by atoms with Crippen molar-refractivity contribution in [2.24, 2.45) is 0 Å². The van der Waals surface area contributed by atoms with Crippen LogP contribution in [0.1, 0.15) is 13.3 Å². The van der Waals surface area contributed by atoms with Gasteiger partial charge < -0.3 is 10.6 Å². The van der Waals surface area contributed by atoms with Crippen molar-refractivity contribution in [1.82, 2.24) is 10.6 Å². The topological polar surface area (TPSA) is 41.1 Å². The molecule has 0 bridgehead atoms. The first-order valence-corrected chi connectivity index (χ1v) is 6.96. The van der Waals surface area contributed by atoms with Crippen molar-refractivity contribution in [2.75, 3.05) is 25.4 Å². The lowest BCUT2D eigenvalue weighted by Crippen LogP contribution is -2.35. The van der Waals surface area contributed by atoms with Crippen molar-refractivity contribution in [1.29, 1.82) is 0 Å². The first kappa shape index (κ1) is 14.1. The molecule has 2 N–H and O–H groups in total. The molecule has 0 atom stereocenters. The Kier molecular flexibility index (Phi) is 7.51. The molecule has 0 saturated heterocycles. The van der Waals surface area contributed by atoms with E-state index >= 15 is 0 Å². The predicted molar refractivity (Wildman–Crippen MR) is 73.3 cm³/mol. The average molecular weight is 252 g/mol. The lowest BCUT2D eigenvalue weighted by atomic mass is 10.4. The molecule has 1 rings (SSSR count). The third-order valence-corrected chi connectivity index (χ3v) is 3.16. The molecular weight excluding hydrogens is 232 g/mol. The monoisotopic (exact) mass is 252 g/mol. The van der Waals surface area contributed by atoms with Crippen LogP contribution in [0.15, 0.2) is 35.2 Å². The molecule has 1 amide bonds.